The molecule has 10 nitrogen and oxygen atoms in total. The van der Waals surface area contributed by atoms with Crippen LogP contribution in [-0.4, -0.2) is 73.7 Å². The van der Waals surface area contributed by atoms with Crippen molar-refractivity contribution >= 4 is 46.3 Å². The fourth-order valence-electron chi connectivity index (χ4n) is 4.58. The number of amides is 1. The largest absolute Gasteiger partial charge is 0.353 e. The van der Waals surface area contributed by atoms with Crippen LogP contribution in [0.1, 0.15) is 36.8 Å². The zero-order valence-electron chi connectivity index (χ0n) is 22.4. The molecule has 40 heavy (non-hydrogen) atoms. The Morgan fingerprint density at radius 3 is 2.50 bits per heavy atom. The van der Waals surface area contributed by atoms with Crippen molar-refractivity contribution in [3.8, 4) is 17.3 Å². The number of anilines is 2. The molecular weight excluding hydrogens is 549 g/mol. The first kappa shape index (κ1) is 27.6. The van der Waals surface area contributed by atoms with E-state index < -0.39 is 0 Å². The van der Waals surface area contributed by atoms with Crippen LogP contribution in [0.2, 0.25) is 10.0 Å². The van der Waals surface area contributed by atoms with Crippen molar-refractivity contribution in [2.45, 2.75) is 26.3 Å². The second-order valence-electron chi connectivity index (χ2n) is 10.5. The highest BCUT2D eigenvalue weighted by molar-refractivity contribution is 6.36. The van der Waals surface area contributed by atoms with E-state index in [9.17, 15) is 4.79 Å². The van der Waals surface area contributed by atoms with Crippen LogP contribution >= 0.6 is 23.2 Å². The molecule has 0 bridgehead atoms. The number of hydrogen-bond acceptors (Lipinski definition) is 8. The van der Waals surface area contributed by atoms with Gasteiger partial charge in [0.05, 0.1) is 29.1 Å². The number of nitriles is 1. The van der Waals surface area contributed by atoms with E-state index in [0.29, 0.717) is 62.8 Å². The molecule has 12 heteroatoms. The number of nitrogens with one attached hydrogen (secondary N) is 2. The molecule has 0 atom stereocenters. The number of nitrogens with zero attached hydrogens (tertiary/aromatic N) is 7. The minimum atomic E-state index is -0.116. The number of aromatic nitrogens is 4. The Kier molecular flexibility index (Phi) is 7.81. The highest BCUT2D eigenvalue weighted by atomic mass is 35.5. The lowest BCUT2D eigenvalue weighted by molar-refractivity contribution is 0.0446. The molecule has 1 aliphatic heterocycles. The highest BCUT2D eigenvalue weighted by Crippen LogP contribution is 2.31. The normalized spacial score (nSPS) is 14.2. The van der Waals surface area contributed by atoms with Gasteiger partial charge in [-0.2, -0.15) is 10.4 Å². The Balaban J connectivity index is 1.43. The second kappa shape index (κ2) is 11.3. The third kappa shape index (κ3) is 5.97. The zero-order valence-corrected chi connectivity index (χ0v) is 24.0. The zero-order chi connectivity index (χ0) is 28.4. The van der Waals surface area contributed by atoms with E-state index in [1.807, 2.05) is 4.90 Å². The van der Waals surface area contributed by atoms with Gasteiger partial charge in [0.2, 0.25) is 0 Å². The molecule has 4 heterocycles. The molecular formula is C28H29Cl2N9O. The summed E-state index contributed by atoms with van der Waals surface area (Å²) in [6, 6.07) is 12.4. The standard InChI is InChI=1S/C28H29Cl2N9O/c1-28(2,3)38-10-8-37(9-11-38)27(40)22-13-24-26(34-17-33-25-7-4-18(14-31)15-32-25)35-23(16-39(24)36-22)20-6-5-19(29)12-21(20)30/h4-7,12-13,15-16H,8-11,17H2,1-3H3,(H,32,33)(H,34,35). The summed E-state index contributed by atoms with van der Waals surface area (Å²) < 4.78 is 1.65. The van der Waals surface area contributed by atoms with Crippen LogP contribution in [0.25, 0.3) is 16.8 Å². The lowest BCUT2D eigenvalue weighted by Crippen LogP contribution is -2.54. The topological polar surface area (TPSA) is 114 Å². The first-order valence-corrected chi connectivity index (χ1v) is 13.6. The molecule has 1 aromatic carbocycles. The summed E-state index contributed by atoms with van der Waals surface area (Å²) in [5.41, 5.74) is 2.76. The van der Waals surface area contributed by atoms with E-state index in [1.54, 1.807) is 47.1 Å². The average Bonchev–Trinajstić information content (AvgIpc) is 3.37. The summed E-state index contributed by atoms with van der Waals surface area (Å²) >= 11 is 12.6. The number of hydrogen-bond donors (Lipinski definition) is 2. The predicted octanol–water partition coefficient (Wildman–Crippen LogP) is 5.01. The van der Waals surface area contributed by atoms with Crippen molar-refractivity contribution < 1.29 is 4.79 Å². The van der Waals surface area contributed by atoms with E-state index in [1.165, 1.54) is 6.20 Å². The summed E-state index contributed by atoms with van der Waals surface area (Å²) in [5, 5.41) is 21.0. The first-order chi connectivity index (χ1) is 19.1. The van der Waals surface area contributed by atoms with Crippen molar-refractivity contribution in [1.82, 2.24) is 29.4 Å². The van der Waals surface area contributed by atoms with Crippen molar-refractivity contribution in [3.63, 3.8) is 0 Å². The monoisotopic (exact) mass is 577 g/mol. The Labute approximate surface area is 242 Å². The fraction of sp³-hybridized carbons (Fsp3) is 0.321. The van der Waals surface area contributed by atoms with E-state index in [0.717, 1.165) is 13.1 Å². The SMILES string of the molecule is CC(C)(C)N1CCN(C(=O)c2cc3c(NCNc4ccc(C#N)cn4)nc(-c4ccc(Cl)cc4Cl)cn3n2)CC1. The van der Waals surface area contributed by atoms with Gasteiger partial charge in [-0.1, -0.05) is 23.2 Å². The number of rotatable bonds is 6. The number of pyridine rings is 1. The molecule has 0 unspecified atom stereocenters. The van der Waals surface area contributed by atoms with Crippen molar-refractivity contribution in [2.75, 3.05) is 43.5 Å². The van der Waals surface area contributed by atoms with Gasteiger partial charge in [-0.15, -0.1) is 0 Å². The van der Waals surface area contributed by atoms with E-state index in [-0.39, 0.29) is 18.1 Å². The van der Waals surface area contributed by atoms with Crippen LogP contribution in [0.15, 0.2) is 48.8 Å². The molecule has 5 rings (SSSR count). The highest BCUT2D eigenvalue weighted by Gasteiger charge is 2.29. The van der Waals surface area contributed by atoms with Crippen LogP contribution in [0, 0.1) is 11.3 Å². The quantitative estimate of drug-likeness (QED) is 0.307. The molecule has 2 N–H and O–H groups in total. The van der Waals surface area contributed by atoms with Gasteiger partial charge in [0, 0.05) is 54.6 Å². The molecule has 206 valence electrons. The minimum Gasteiger partial charge on any atom is -0.353 e. The second-order valence-corrected chi connectivity index (χ2v) is 11.3. The molecule has 4 aromatic rings. The molecule has 0 aliphatic carbocycles. The Bertz CT molecular complexity index is 1580. The molecule has 1 fully saturated rings. The smallest absolute Gasteiger partial charge is 0.274 e. The molecule has 0 radical (unpaired) electrons. The van der Waals surface area contributed by atoms with Crippen LogP contribution < -0.4 is 10.6 Å². The Hall–Kier alpha value is -3.91. The maximum Gasteiger partial charge on any atom is 0.274 e. The summed E-state index contributed by atoms with van der Waals surface area (Å²) in [4.78, 5) is 26.7. The van der Waals surface area contributed by atoms with Gasteiger partial charge in [-0.25, -0.2) is 14.5 Å². The van der Waals surface area contributed by atoms with Crippen molar-refractivity contribution in [2.24, 2.45) is 0 Å². The van der Waals surface area contributed by atoms with Gasteiger partial charge < -0.3 is 15.5 Å². The lowest BCUT2D eigenvalue weighted by atomic mass is 10.0. The summed E-state index contributed by atoms with van der Waals surface area (Å²) in [6.07, 6.45) is 3.25. The molecule has 3 aromatic heterocycles. The summed E-state index contributed by atoms with van der Waals surface area (Å²) in [5.74, 6) is 0.987. The molecule has 1 saturated heterocycles. The van der Waals surface area contributed by atoms with E-state index in [4.69, 9.17) is 33.4 Å². The molecule has 0 spiro atoms. The van der Waals surface area contributed by atoms with Gasteiger partial charge in [0.1, 0.15) is 17.4 Å². The maximum atomic E-state index is 13.4. The fourth-order valence-corrected chi connectivity index (χ4v) is 5.08. The number of carbonyl (C=O) groups is 1. The number of fused-ring (bicyclic) bond motifs is 1. The molecule has 0 saturated carbocycles. The molecule has 1 amide bonds. The summed E-state index contributed by atoms with van der Waals surface area (Å²) in [7, 11) is 0. The Morgan fingerprint density at radius 2 is 1.85 bits per heavy atom. The molecule has 1 aliphatic rings. The average molecular weight is 579 g/mol. The predicted molar refractivity (Wildman–Crippen MR) is 157 cm³/mol. The number of halogens is 2. The third-order valence-electron chi connectivity index (χ3n) is 6.81. The lowest BCUT2D eigenvalue weighted by Gasteiger charge is -2.42. The maximum absolute atomic E-state index is 13.4. The van der Waals surface area contributed by atoms with Gasteiger partial charge >= 0.3 is 0 Å². The number of benzene rings is 1. The van der Waals surface area contributed by atoms with Crippen LogP contribution in [0.4, 0.5) is 11.6 Å². The Morgan fingerprint density at radius 1 is 1.07 bits per heavy atom. The van der Waals surface area contributed by atoms with Gasteiger partial charge in [0.25, 0.3) is 5.91 Å². The number of carbonyl (C=O) groups excluding carboxylic acids is 1. The van der Waals surface area contributed by atoms with Crippen LogP contribution in [0.5, 0.6) is 0 Å². The number of piperazine rings is 1. The van der Waals surface area contributed by atoms with Crippen LogP contribution in [-0.2, 0) is 0 Å². The third-order valence-corrected chi connectivity index (χ3v) is 7.36. The van der Waals surface area contributed by atoms with E-state index in [2.05, 4.69) is 52.5 Å². The van der Waals surface area contributed by atoms with Crippen molar-refractivity contribution in [1.29, 1.82) is 5.26 Å². The minimum absolute atomic E-state index is 0.0606. The van der Waals surface area contributed by atoms with Crippen LogP contribution in [0.3, 0.4) is 0 Å². The summed E-state index contributed by atoms with van der Waals surface area (Å²) in [6.45, 7) is 9.74. The van der Waals surface area contributed by atoms with E-state index >= 15 is 0 Å². The van der Waals surface area contributed by atoms with Gasteiger partial charge in [0.15, 0.2) is 11.5 Å². The van der Waals surface area contributed by atoms with Gasteiger partial charge in [-0.3, -0.25) is 9.69 Å². The first-order valence-electron chi connectivity index (χ1n) is 12.9. The van der Waals surface area contributed by atoms with Crippen molar-refractivity contribution in [3.05, 3.63) is 70.1 Å². The van der Waals surface area contributed by atoms with Gasteiger partial charge in [-0.05, 0) is 51.1 Å².